The van der Waals surface area contributed by atoms with Gasteiger partial charge in [0.2, 0.25) is 0 Å². The van der Waals surface area contributed by atoms with E-state index in [9.17, 15) is 4.79 Å². The number of amides is 1. The van der Waals surface area contributed by atoms with Gasteiger partial charge in [-0.15, -0.1) is 0 Å². The topological polar surface area (TPSA) is 47.6 Å². The van der Waals surface area contributed by atoms with Crippen molar-refractivity contribution in [3.63, 3.8) is 0 Å². The maximum Gasteiger partial charge on any atom is 0.265 e. The lowest BCUT2D eigenvalue weighted by Crippen LogP contribution is -2.30. The number of hydrogen-bond acceptors (Lipinski definition) is 3. The smallest absolute Gasteiger partial charge is 0.265 e. The monoisotopic (exact) mass is 411 g/mol. The number of nitrogens with one attached hydrogen (secondary N) is 1. The predicted molar refractivity (Wildman–Crippen MR) is 95.5 cm³/mol. The Labute approximate surface area is 144 Å². The number of hydrogen-bond donors (Lipinski definition) is 1. The zero-order valence-corrected chi connectivity index (χ0v) is 14.7. The molecule has 2 rings (SSSR count). The Bertz CT molecular complexity index is 628. The van der Waals surface area contributed by atoms with Crippen molar-refractivity contribution in [2.24, 2.45) is 0 Å². The quantitative estimate of drug-likeness (QED) is 0.729. The summed E-state index contributed by atoms with van der Waals surface area (Å²) in [5, 5.41) is 2.84. The van der Waals surface area contributed by atoms with Gasteiger partial charge in [0.05, 0.1) is 6.61 Å². The van der Waals surface area contributed by atoms with Crippen LogP contribution in [0.5, 0.6) is 11.5 Å². The summed E-state index contributed by atoms with van der Waals surface area (Å²) in [5.41, 5.74) is 0.763. The fourth-order valence-corrected chi connectivity index (χ4v) is 2.39. The predicted octanol–water partition coefficient (Wildman–Crippen LogP) is 4.10. The fraction of sp³-hybridized carbons (Fsp3) is 0.235. The maximum atomic E-state index is 12.1. The molecule has 1 amide bonds. The van der Waals surface area contributed by atoms with Gasteiger partial charge in [-0.05, 0) is 78.9 Å². The summed E-state index contributed by atoms with van der Waals surface area (Å²) in [6, 6.07) is 14.9. The molecule has 2 aromatic carbocycles. The highest BCUT2D eigenvalue weighted by Crippen LogP contribution is 2.19. The molecule has 0 aliphatic heterocycles. The van der Waals surface area contributed by atoms with Gasteiger partial charge in [-0.2, -0.15) is 0 Å². The zero-order valence-electron chi connectivity index (χ0n) is 12.5. The van der Waals surface area contributed by atoms with E-state index in [4.69, 9.17) is 9.47 Å². The minimum atomic E-state index is -0.587. The lowest BCUT2D eigenvalue weighted by molar-refractivity contribution is -0.122. The molecule has 0 aliphatic rings. The van der Waals surface area contributed by atoms with Gasteiger partial charge >= 0.3 is 0 Å². The van der Waals surface area contributed by atoms with Crippen LogP contribution in [0.15, 0.2) is 48.5 Å². The first-order valence-corrected chi connectivity index (χ1v) is 8.12. The van der Waals surface area contributed by atoms with Gasteiger partial charge in [-0.1, -0.05) is 6.07 Å². The van der Waals surface area contributed by atoms with Crippen molar-refractivity contribution in [2.75, 3.05) is 11.9 Å². The third kappa shape index (κ3) is 4.91. The van der Waals surface area contributed by atoms with E-state index >= 15 is 0 Å². The van der Waals surface area contributed by atoms with Gasteiger partial charge in [-0.3, -0.25) is 4.79 Å². The third-order valence-corrected chi connectivity index (χ3v) is 3.58. The van der Waals surface area contributed by atoms with Crippen molar-refractivity contribution in [2.45, 2.75) is 20.0 Å². The summed E-state index contributed by atoms with van der Waals surface area (Å²) >= 11 is 2.20. The highest BCUT2D eigenvalue weighted by molar-refractivity contribution is 14.1. The van der Waals surface area contributed by atoms with Crippen LogP contribution >= 0.6 is 22.6 Å². The normalized spacial score (nSPS) is 11.6. The van der Waals surface area contributed by atoms with Crippen molar-refractivity contribution in [3.8, 4) is 11.5 Å². The Kier molecular flexibility index (Phi) is 6.06. The summed E-state index contributed by atoms with van der Waals surface area (Å²) in [5.74, 6) is 1.23. The van der Waals surface area contributed by atoms with Gasteiger partial charge in [0.25, 0.3) is 5.91 Å². The van der Waals surface area contributed by atoms with Crippen molar-refractivity contribution < 1.29 is 14.3 Å². The van der Waals surface area contributed by atoms with E-state index in [1.54, 1.807) is 19.1 Å². The average Bonchev–Trinajstić information content (AvgIpc) is 2.49. The molecular formula is C17H18INO3. The van der Waals surface area contributed by atoms with Crippen LogP contribution in [-0.4, -0.2) is 18.6 Å². The molecule has 0 aromatic heterocycles. The van der Waals surface area contributed by atoms with E-state index in [0.29, 0.717) is 12.4 Å². The Morgan fingerprint density at radius 3 is 2.50 bits per heavy atom. The second kappa shape index (κ2) is 8.03. The van der Waals surface area contributed by atoms with Gasteiger partial charge in [0.1, 0.15) is 11.5 Å². The van der Waals surface area contributed by atoms with E-state index in [-0.39, 0.29) is 5.91 Å². The summed E-state index contributed by atoms with van der Waals surface area (Å²) in [6.07, 6.45) is -0.587. The second-order valence-corrected chi connectivity index (χ2v) is 5.91. The molecule has 0 heterocycles. The van der Waals surface area contributed by atoms with Crippen LogP contribution in [-0.2, 0) is 4.79 Å². The van der Waals surface area contributed by atoms with Crippen molar-refractivity contribution in [3.05, 3.63) is 52.1 Å². The SMILES string of the molecule is CCOc1ccc(OC(C)C(=O)Nc2cccc(I)c2)cc1. The van der Waals surface area contributed by atoms with Crippen molar-refractivity contribution >= 4 is 34.2 Å². The molecule has 2 aromatic rings. The number of benzene rings is 2. The first-order valence-electron chi connectivity index (χ1n) is 7.04. The number of carbonyl (C=O) groups is 1. The van der Waals surface area contributed by atoms with Crippen LogP contribution in [0.1, 0.15) is 13.8 Å². The van der Waals surface area contributed by atoms with Crippen LogP contribution in [0.25, 0.3) is 0 Å². The molecule has 1 N–H and O–H groups in total. The molecule has 0 spiro atoms. The molecule has 0 aliphatic carbocycles. The minimum absolute atomic E-state index is 0.184. The third-order valence-electron chi connectivity index (χ3n) is 2.91. The van der Waals surface area contributed by atoms with Gasteiger partial charge in [-0.25, -0.2) is 0 Å². The molecule has 22 heavy (non-hydrogen) atoms. The molecular weight excluding hydrogens is 393 g/mol. The van der Waals surface area contributed by atoms with Crippen LogP contribution in [0.2, 0.25) is 0 Å². The molecule has 116 valence electrons. The Balaban J connectivity index is 1.93. The maximum absolute atomic E-state index is 12.1. The van der Waals surface area contributed by atoms with E-state index in [1.807, 2.05) is 43.3 Å². The van der Waals surface area contributed by atoms with Crippen LogP contribution < -0.4 is 14.8 Å². The van der Waals surface area contributed by atoms with Crippen LogP contribution in [0.4, 0.5) is 5.69 Å². The zero-order chi connectivity index (χ0) is 15.9. The lowest BCUT2D eigenvalue weighted by Gasteiger charge is -2.15. The van der Waals surface area contributed by atoms with E-state index < -0.39 is 6.10 Å². The minimum Gasteiger partial charge on any atom is -0.494 e. The molecule has 1 unspecified atom stereocenters. The standard InChI is InChI=1S/C17H18INO3/c1-3-21-15-7-9-16(10-8-15)22-12(2)17(20)19-14-6-4-5-13(18)11-14/h4-12H,3H2,1-2H3,(H,19,20). The molecule has 5 heteroatoms. The highest BCUT2D eigenvalue weighted by Gasteiger charge is 2.15. The van der Waals surface area contributed by atoms with Crippen molar-refractivity contribution in [1.29, 1.82) is 0 Å². The molecule has 0 radical (unpaired) electrons. The summed E-state index contributed by atoms with van der Waals surface area (Å²) in [7, 11) is 0. The van der Waals surface area contributed by atoms with Crippen LogP contribution in [0, 0.1) is 3.57 Å². The van der Waals surface area contributed by atoms with E-state index in [2.05, 4.69) is 27.9 Å². The molecule has 0 saturated carbocycles. The number of ether oxygens (including phenoxy) is 2. The summed E-state index contributed by atoms with van der Waals surface area (Å²) < 4.78 is 12.1. The van der Waals surface area contributed by atoms with Crippen molar-refractivity contribution in [1.82, 2.24) is 0 Å². The van der Waals surface area contributed by atoms with Gasteiger partial charge < -0.3 is 14.8 Å². The average molecular weight is 411 g/mol. The molecule has 0 saturated heterocycles. The fourth-order valence-electron chi connectivity index (χ4n) is 1.85. The van der Waals surface area contributed by atoms with E-state index in [1.165, 1.54) is 0 Å². The summed E-state index contributed by atoms with van der Waals surface area (Å²) in [6.45, 7) is 4.27. The molecule has 4 nitrogen and oxygen atoms in total. The van der Waals surface area contributed by atoms with E-state index in [0.717, 1.165) is 15.0 Å². The lowest BCUT2D eigenvalue weighted by atomic mass is 10.3. The summed E-state index contributed by atoms with van der Waals surface area (Å²) in [4.78, 5) is 12.1. The first kappa shape index (κ1) is 16.6. The van der Waals surface area contributed by atoms with Gasteiger partial charge in [0, 0.05) is 9.26 Å². The van der Waals surface area contributed by atoms with Gasteiger partial charge in [0.15, 0.2) is 6.10 Å². The highest BCUT2D eigenvalue weighted by atomic mass is 127. The molecule has 0 bridgehead atoms. The Morgan fingerprint density at radius 1 is 1.18 bits per heavy atom. The number of anilines is 1. The Morgan fingerprint density at radius 2 is 1.86 bits per heavy atom. The number of carbonyl (C=O) groups excluding carboxylic acids is 1. The largest absolute Gasteiger partial charge is 0.494 e. The molecule has 0 fully saturated rings. The second-order valence-electron chi connectivity index (χ2n) is 4.66. The number of rotatable bonds is 6. The first-order chi connectivity index (χ1) is 10.6. The Hall–Kier alpha value is -1.76. The number of halogens is 1. The van der Waals surface area contributed by atoms with Crippen LogP contribution in [0.3, 0.4) is 0 Å². The molecule has 1 atom stereocenters.